The second-order valence-corrected chi connectivity index (χ2v) is 5.49. The summed E-state index contributed by atoms with van der Waals surface area (Å²) in [5.74, 6) is 1.33. The van der Waals surface area contributed by atoms with E-state index < -0.39 is 0 Å². The number of rotatable bonds is 3. The summed E-state index contributed by atoms with van der Waals surface area (Å²) in [6.45, 7) is 8.06. The maximum absolute atomic E-state index is 13.1. The van der Waals surface area contributed by atoms with Crippen molar-refractivity contribution in [3.63, 3.8) is 0 Å². The zero-order valence-electron chi connectivity index (χ0n) is 12.6. The molecule has 0 radical (unpaired) electrons. The largest absolute Gasteiger partial charge is 0.373 e. The first-order valence-corrected chi connectivity index (χ1v) is 6.65. The smallest absolute Gasteiger partial charge is 0.140 e. The van der Waals surface area contributed by atoms with Crippen LogP contribution in [0.15, 0.2) is 24.3 Å². The van der Waals surface area contributed by atoms with Gasteiger partial charge >= 0.3 is 0 Å². The molecule has 4 heteroatoms. The van der Waals surface area contributed by atoms with Crippen molar-refractivity contribution < 1.29 is 4.39 Å². The van der Waals surface area contributed by atoms with E-state index in [2.05, 4.69) is 15.3 Å². The molecule has 1 heterocycles. The summed E-state index contributed by atoms with van der Waals surface area (Å²) >= 11 is 0. The van der Waals surface area contributed by atoms with Crippen molar-refractivity contribution in [1.29, 1.82) is 0 Å². The second kappa shape index (κ2) is 5.19. The van der Waals surface area contributed by atoms with Gasteiger partial charge in [-0.25, -0.2) is 14.4 Å². The van der Waals surface area contributed by atoms with Crippen LogP contribution in [0.2, 0.25) is 0 Å². The van der Waals surface area contributed by atoms with Gasteiger partial charge in [0.1, 0.15) is 17.5 Å². The highest BCUT2D eigenvalue weighted by Gasteiger charge is 2.27. The van der Waals surface area contributed by atoms with Crippen molar-refractivity contribution in [2.45, 2.75) is 33.1 Å². The molecule has 20 heavy (non-hydrogen) atoms. The predicted molar refractivity (Wildman–Crippen MR) is 79.6 cm³/mol. The summed E-state index contributed by atoms with van der Waals surface area (Å²) in [6, 6.07) is 6.51. The molecule has 0 unspecified atom stereocenters. The van der Waals surface area contributed by atoms with Gasteiger partial charge < -0.3 is 5.32 Å². The van der Waals surface area contributed by atoms with Crippen molar-refractivity contribution in [2.24, 2.45) is 0 Å². The maximum Gasteiger partial charge on any atom is 0.140 e. The van der Waals surface area contributed by atoms with E-state index in [1.54, 1.807) is 12.1 Å². The number of hydrogen-bond acceptors (Lipinski definition) is 3. The zero-order chi connectivity index (χ0) is 14.9. The van der Waals surface area contributed by atoms with Gasteiger partial charge in [-0.1, -0.05) is 12.1 Å². The minimum Gasteiger partial charge on any atom is -0.373 e. The van der Waals surface area contributed by atoms with E-state index in [-0.39, 0.29) is 11.2 Å². The number of anilines is 1. The lowest BCUT2D eigenvalue weighted by atomic mass is 9.83. The van der Waals surface area contributed by atoms with Crippen LogP contribution in [0.5, 0.6) is 0 Å². The molecule has 0 saturated heterocycles. The average Bonchev–Trinajstić information content (AvgIpc) is 2.42. The van der Waals surface area contributed by atoms with Gasteiger partial charge in [0.2, 0.25) is 0 Å². The van der Waals surface area contributed by atoms with E-state index >= 15 is 0 Å². The van der Waals surface area contributed by atoms with Crippen LogP contribution >= 0.6 is 0 Å². The second-order valence-electron chi connectivity index (χ2n) is 5.49. The monoisotopic (exact) mass is 273 g/mol. The quantitative estimate of drug-likeness (QED) is 0.928. The number of nitrogens with one attached hydrogen (secondary N) is 1. The fraction of sp³-hybridized carbons (Fsp3) is 0.375. The third-order valence-corrected chi connectivity index (χ3v) is 3.75. The van der Waals surface area contributed by atoms with Crippen LogP contribution in [0.4, 0.5) is 10.2 Å². The first-order valence-electron chi connectivity index (χ1n) is 6.65. The summed E-state index contributed by atoms with van der Waals surface area (Å²) in [5.41, 5.74) is 2.61. The Morgan fingerprint density at radius 2 is 1.65 bits per heavy atom. The molecule has 0 fully saturated rings. The summed E-state index contributed by atoms with van der Waals surface area (Å²) < 4.78 is 13.1. The first kappa shape index (κ1) is 14.4. The number of benzene rings is 1. The standard InChI is InChI=1S/C16H20FN3/c1-10-11(2)19-15(20-14(10)18-5)16(3,4)12-6-8-13(17)9-7-12/h6-9H,1-5H3,(H,18,19,20). The van der Waals surface area contributed by atoms with Crippen molar-refractivity contribution in [2.75, 3.05) is 12.4 Å². The van der Waals surface area contributed by atoms with Gasteiger partial charge in [-0.2, -0.15) is 0 Å². The van der Waals surface area contributed by atoms with Gasteiger partial charge in [-0.05, 0) is 45.4 Å². The highest BCUT2D eigenvalue weighted by Crippen LogP contribution is 2.30. The number of hydrogen-bond donors (Lipinski definition) is 1. The van der Waals surface area contributed by atoms with Crippen LogP contribution in [-0.4, -0.2) is 17.0 Å². The number of aryl methyl sites for hydroxylation is 1. The molecule has 106 valence electrons. The average molecular weight is 273 g/mol. The molecular weight excluding hydrogens is 253 g/mol. The number of halogens is 1. The van der Waals surface area contributed by atoms with Crippen LogP contribution < -0.4 is 5.32 Å². The van der Waals surface area contributed by atoms with E-state index in [0.29, 0.717) is 0 Å². The Morgan fingerprint density at radius 3 is 2.20 bits per heavy atom. The fourth-order valence-corrected chi connectivity index (χ4v) is 2.15. The SMILES string of the molecule is CNc1nc(C(C)(C)c2ccc(F)cc2)nc(C)c1C. The van der Waals surface area contributed by atoms with Crippen LogP contribution in [0.3, 0.4) is 0 Å². The summed E-state index contributed by atoms with van der Waals surface area (Å²) in [6.07, 6.45) is 0. The van der Waals surface area contributed by atoms with Crippen LogP contribution in [0.1, 0.15) is 36.5 Å². The lowest BCUT2D eigenvalue weighted by molar-refractivity contribution is 0.581. The minimum atomic E-state index is -0.377. The number of aromatic nitrogens is 2. The first-order chi connectivity index (χ1) is 9.36. The Kier molecular flexibility index (Phi) is 3.75. The van der Waals surface area contributed by atoms with Gasteiger partial charge in [-0.3, -0.25) is 0 Å². The van der Waals surface area contributed by atoms with Gasteiger partial charge in [0, 0.05) is 23.7 Å². The zero-order valence-corrected chi connectivity index (χ0v) is 12.6. The topological polar surface area (TPSA) is 37.8 Å². The maximum atomic E-state index is 13.1. The Labute approximate surface area is 119 Å². The molecular formula is C16H20FN3. The normalized spacial score (nSPS) is 11.5. The van der Waals surface area contributed by atoms with Crippen molar-refractivity contribution in [3.05, 3.63) is 52.7 Å². The van der Waals surface area contributed by atoms with Crippen molar-refractivity contribution >= 4 is 5.82 Å². The van der Waals surface area contributed by atoms with Gasteiger partial charge in [0.25, 0.3) is 0 Å². The molecule has 1 aromatic carbocycles. The van der Waals surface area contributed by atoms with E-state index in [4.69, 9.17) is 0 Å². The van der Waals surface area contributed by atoms with Crippen LogP contribution in [0.25, 0.3) is 0 Å². The number of nitrogens with zero attached hydrogens (tertiary/aromatic N) is 2. The lowest BCUT2D eigenvalue weighted by Crippen LogP contribution is -2.24. The molecule has 0 amide bonds. The molecule has 0 aliphatic carbocycles. The van der Waals surface area contributed by atoms with E-state index in [1.807, 2.05) is 34.7 Å². The minimum absolute atomic E-state index is 0.235. The molecule has 0 atom stereocenters. The highest BCUT2D eigenvalue weighted by molar-refractivity contribution is 5.46. The molecule has 0 aliphatic rings. The van der Waals surface area contributed by atoms with Crippen molar-refractivity contribution in [1.82, 2.24) is 9.97 Å². The molecule has 1 aromatic heterocycles. The molecule has 1 N–H and O–H groups in total. The third kappa shape index (κ3) is 2.50. The molecule has 2 rings (SSSR count). The van der Waals surface area contributed by atoms with Crippen LogP contribution in [-0.2, 0) is 5.41 Å². The van der Waals surface area contributed by atoms with E-state index in [0.717, 1.165) is 28.5 Å². The molecule has 3 nitrogen and oxygen atoms in total. The van der Waals surface area contributed by atoms with Gasteiger partial charge in [0.15, 0.2) is 0 Å². The van der Waals surface area contributed by atoms with E-state index in [9.17, 15) is 4.39 Å². The highest BCUT2D eigenvalue weighted by atomic mass is 19.1. The Balaban J connectivity index is 2.53. The molecule has 0 spiro atoms. The van der Waals surface area contributed by atoms with E-state index in [1.165, 1.54) is 12.1 Å². The van der Waals surface area contributed by atoms with Crippen molar-refractivity contribution in [3.8, 4) is 0 Å². The van der Waals surface area contributed by atoms with Gasteiger partial charge in [-0.15, -0.1) is 0 Å². The molecule has 0 aliphatic heterocycles. The Hall–Kier alpha value is -1.97. The molecule has 2 aromatic rings. The van der Waals surface area contributed by atoms with Gasteiger partial charge in [0.05, 0.1) is 0 Å². The predicted octanol–water partition coefficient (Wildman–Crippen LogP) is 3.60. The summed E-state index contributed by atoms with van der Waals surface area (Å²) in [7, 11) is 1.85. The fourth-order valence-electron chi connectivity index (χ4n) is 2.15. The summed E-state index contributed by atoms with van der Waals surface area (Å²) in [4.78, 5) is 9.21. The molecule has 0 bridgehead atoms. The lowest BCUT2D eigenvalue weighted by Gasteiger charge is -2.25. The molecule has 0 saturated carbocycles. The van der Waals surface area contributed by atoms with Crippen LogP contribution in [0, 0.1) is 19.7 Å². The third-order valence-electron chi connectivity index (χ3n) is 3.75. The Bertz CT molecular complexity index is 618. The summed E-state index contributed by atoms with van der Waals surface area (Å²) in [5, 5.41) is 3.10. The Morgan fingerprint density at radius 1 is 1.05 bits per heavy atom.